The summed E-state index contributed by atoms with van der Waals surface area (Å²) in [6.07, 6.45) is 0. The van der Waals surface area contributed by atoms with Crippen LogP contribution in [0.1, 0.15) is 5.56 Å². The van der Waals surface area contributed by atoms with Gasteiger partial charge in [0.2, 0.25) is 5.88 Å². The average molecular weight is 280 g/mol. The molecule has 3 rings (SSSR count). The highest BCUT2D eigenvalue weighted by Crippen LogP contribution is 2.27. The van der Waals surface area contributed by atoms with Crippen molar-refractivity contribution in [1.82, 2.24) is 4.98 Å². The fraction of sp³-hybridized carbons (Fsp3) is 0.118. The van der Waals surface area contributed by atoms with E-state index >= 15 is 0 Å². The van der Waals surface area contributed by atoms with Crippen LogP contribution in [0.2, 0.25) is 0 Å². The van der Waals surface area contributed by atoms with Crippen LogP contribution in [0, 0.1) is 0 Å². The molecule has 2 aromatic carbocycles. The second-order valence-corrected chi connectivity index (χ2v) is 4.63. The molecule has 106 valence electrons. The lowest BCUT2D eigenvalue weighted by atomic mass is 10.1. The maximum absolute atomic E-state index is 5.86. The lowest BCUT2D eigenvalue weighted by molar-refractivity contribution is 0.412. The van der Waals surface area contributed by atoms with Crippen molar-refractivity contribution in [2.75, 3.05) is 7.11 Å². The standard InChI is InChI=1S/C17H16N2O2/c1-20-14-6-8-15(9-7-14)21-17-13(11-18)10-12-4-2-3-5-16(12)19-17/h2-10H,11,18H2,1H3. The number of rotatable bonds is 4. The van der Waals surface area contributed by atoms with E-state index in [1.807, 2.05) is 54.6 Å². The normalized spacial score (nSPS) is 10.6. The zero-order chi connectivity index (χ0) is 14.7. The minimum atomic E-state index is 0.378. The van der Waals surface area contributed by atoms with Crippen molar-refractivity contribution in [2.45, 2.75) is 6.54 Å². The summed E-state index contributed by atoms with van der Waals surface area (Å²) in [4.78, 5) is 4.55. The third-order valence-corrected chi connectivity index (χ3v) is 3.26. The molecular formula is C17H16N2O2. The van der Waals surface area contributed by atoms with Crippen LogP contribution in [0.5, 0.6) is 17.4 Å². The van der Waals surface area contributed by atoms with Gasteiger partial charge in [0.05, 0.1) is 12.6 Å². The van der Waals surface area contributed by atoms with Crippen LogP contribution in [0.3, 0.4) is 0 Å². The fourth-order valence-electron chi connectivity index (χ4n) is 2.13. The molecule has 0 saturated carbocycles. The van der Waals surface area contributed by atoms with E-state index in [2.05, 4.69) is 4.98 Å². The largest absolute Gasteiger partial charge is 0.497 e. The minimum Gasteiger partial charge on any atom is -0.497 e. The van der Waals surface area contributed by atoms with Crippen molar-refractivity contribution in [3.63, 3.8) is 0 Å². The highest BCUT2D eigenvalue weighted by Gasteiger charge is 2.08. The maximum atomic E-state index is 5.86. The molecule has 0 amide bonds. The molecule has 1 aromatic heterocycles. The summed E-state index contributed by atoms with van der Waals surface area (Å²) in [5, 5.41) is 1.06. The Morgan fingerprint density at radius 1 is 1.00 bits per heavy atom. The summed E-state index contributed by atoms with van der Waals surface area (Å²) in [5.74, 6) is 2.03. The molecule has 0 aliphatic carbocycles. The number of hydrogen-bond acceptors (Lipinski definition) is 4. The van der Waals surface area contributed by atoms with Crippen LogP contribution in [0.15, 0.2) is 54.6 Å². The van der Waals surface area contributed by atoms with Crippen molar-refractivity contribution >= 4 is 10.9 Å². The molecular weight excluding hydrogens is 264 g/mol. The third kappa shape index (κ3) is 2.80. The summed E-state index contributed by atoms with van der Waals surface area (Å²) in [5.41, 5.74) is 7.57. The van der Waals surface area contributed by atoms with Crippen molar-refractivity contribution in [3.8, 4) is 17.4 Å². The highest BCUT2D eigenvalue weighted by atomic mass is 16.5. The van der Waals surface area contributed by atoms with Gasteiger partial charge in [0.1, 0.15) is 11.5 Å². The predicted molar refractivity (Wildman–Crippen MR) is 82.7 cm³/mol. The first kappa shape index (κ1) is 13.4. The molecule has 4 heteroatoms. The van der Waals surface area contributed by atoms with Gasteiger partial charge in [0.25, 0.3) is 0 Å². The van der Waals surface area contributed by atoms with Gasteiger partial charge in [-0.05, 0) is 36.4 Å². The van der Waals surface area contributed by atoms with Crippen LogP contribution in [-0.4, -0.2) is 12.1 Å². The Kier molecular flexibility index (Phi) is 3.71. The first-order valence-electron chi connectivity index (χ1n) is 6.71. The number of ether oxygens (including phenoxy) is 2. The van der Waals surface area contributed by atoms with E-state index < -0.39 is 0 Å². The van der Waals surface area contributed by atoms with Gasteiger partial charge in [0.15, 0.2) is 0 Å². The van der Waals surface area contributed by atoms with Crippen LogP contribution in [-0.2, 0) is 6.54 Å². The van der Waals surface area contributed by atoms with Gasteiger partial charge < -0.3 is 15.2 Å². The predicted octanol–water partition coefficient (Wildman–Crippen LogP) is 3.49. The molecule has 0 atom stereocenters. The topological polar surface area (TPSA) is 57.4 Å². The van der Waals surface area contributed by atoms with E-state index in [4.69, 9.17) is 15.2 Å². The molecule has 0 saturated heterocycles. The van der Waals surface area contributed by atoms with E-state index in [1.54, 1.807) is 7.11 Å². The molecule has 4 nitrogen and oxygen atoms in total. The van der Waals surface area contributed by atoms with Crippen molar-refractivity contribution < 1.29 is 9.47 Å². The lowest BCUT2D eigenvalue weighted by Gasteiger charge is -2.11. The summed E-state index contributed by atoms with van der Waals surface area (Å²) >= 11 is 0. The molecule has 1 heterocycles. The molecule has 0 aliphatic heterocycles. The Morgan fingerprint density at radius 3 is 2.43 bits per heavy atom. The number of para-hydroxylation sites is 1. The van der Waals surface area contributed by atoms with Crippen LogP contribution >= 0.6 is 0 Å². The number of nitrogens with zero attached hydrogens (tertiary/aromatic N) is 1. The Morgan fingerprint density at radius 2 is 1.71 bits per heavy atom. The Balaban J connectivity index is 1.97. The van der Waals surface area contributed by atoms with Crippen LogP contribution in [0.4, 0.5) is 0 Å². The lowest BCUT2D eigenvalue weighted by Crippen LogP contribution is -2.01. The van der Waals surface area contributed by atoms with Gasteiger partial charge in [-0.2, -0.15) is 0 Å². The number of nitrogens with two attached hydrogens (primary N) is 1. The average Bonchev–Trinajstić information content (AvgIpc) is 2.55. The number of aromatic nitrogens is 1. The third-order valence-electron chi connectivity index (χ3n) is 3.26. The van der Waals surface area contributed by atoms with Gasteiger partial charge >= 0.3 is 0 Å². The van der Waals surface area contributed by atoms with Crippen molar-refractivity contribution in [2.24, 2.45) is 5.73 Å². The smallest absolute Gasteiger partial charge is 0.224 e. The van der Waals surface area contributed by atoms with Crippen molar-refractivity contribution in [3.05, 3.63) is 60.2 Å². The number of benzene rings is 2. The molecule has 0 radical (unpaired) electrons. The molecule has 2 N–H and O–H groups in total. The highest BCUT2D eigenvalue weighted by molar-refractivity contribution is 5.80. The fourth-order valence-corrected chi connectivity index (χ4v) is 2.13. The van der Waals surface area contributed by atoms with Gasteiger partial charge in [-0.15, -0.1) is 0 Å². The number of methoxy groups -OCH3 is 1. The first-order chi connectivity index (χ1) is 10.3. The van der Waals surface area contributed by atoms with Gasteiger partial charge in [-0.1, -0.05) is 18.2 Å². The molecule has 0 aliphatic rings. The summed E-state index contributed by atoms with van der Waals surface area (Å²) < 4.78 is 11.0. The monoisotopic (exact) mass is 280 g/mol. The molecule has 0 spiro atoms. The van der Waals surface area contributed by atoms with E-state index in [0.717, 1.165) is 22.2 Å². The Bertz CT molecular complexity index is 754. The van der Waals surface area contributed by atoms with E-state index in [0.29, 0.717) is 18.2 Å². The van der Waals surface area contributed by atoms with Gasteiger partial charge in [-0.3, -0.25) is 0 Å². The summed E-state index contributed by atoms with van der Waals surface area (Å²) in [6.45, 7) is 0.378. The SMILES string of the molecule is COc1ccc(Oc2nc3ccccc3cc2CN)cc1. The molecule has 0 fully saturated rings. The molecule has 3 aromatic rings. The maximum Gasteiger partial charge on any atom is 0.224 e. The van der Waals surface area contributed by atoms with Crippen LogP contribution < -0.4 is 15.2 Å². The number of fused-ring (bicyclic) bond motifs is 1. The molecule has 0 unspecified atom stereocenters. The Labute approximate surface area is 123 Å². The van der Waals surface area contributed by atoms with Crippen molar-refractivity contribution in [1.29, 1.82) is 0 Å². The van der Waals surface area contributed by atoms with Gasteiger partial charge in [0, 0.05) is 17.5 Å². The summed E-state index contributed by atoms with van der Waals surface area (Å²) in [6, 6.07) is 17.3. The van der Waals surface area contributed by atoms with E-state index in [-0.39, 0.29) is 0 Å². The second kappa shape index (κ2) is 5.81. The Hall–Kier alpha value is -2.59. The second-order valence-electron chi connectivity index (χ2n) is 4.63. The zero-order valence-corrected chi connectivity index (χ0v) is 11.7. The number of pyridine rings is 1. The molecule has 21 heavy (non-hydrogen) atoms. The summed E-state index contributed by atoms with van der Waals surface area (Å²) in [7, 11) is 1.63. The van der Waals surface area contributed by atoms with E-state index in [1.165, 1.54) is 0 Å². The molecule has 0 bridgehead atoms. The number of hydrogen-bond donors (Lipinski definition) is 1. The minimum absolute atomic E-state index is 0.378. The zero-order valence-electron chi connectivity index (χ0n) is 11.7. The first-order valence-corrected chi connectivity index (χ1v) is 6.71. The van der Waals surface area contributed by atoms with E-state index in [9.17, 15) is 0 Å². The van der Waals surface area contributed by atoms with Crippen LogP contribution in [0.25, 0.3) is 10.9 Å². The quantitative estimate of drug-likeness (QED) is 0.794. The van der Waals surface area contributed by atoms with Gasteiger partial charge in [-0.25, -0.2) is 4.98 Å².